The van der Waals surface area contributed by atoms with E-state index >= 15 is 0 Å². The van der Waals surface area contributed by atoms with Gasteiger partial charge >= 0.3 is 12.3 Å². The van der Waals surface area contributed by atoms with Crippen LogP contribution in [-0.2, 0) is 22.2 Å². The predicted octanol–water partition coefficient (Wildman–Crippen LogP) is 3.18. The standard InChI is InChI=1S/C16H15F4N3O3S/c1-21-13(24)12(23-25-2)10-6-4-3-5-9(10)7-26-11-8-27-15(22-11)16(19,20)14(17)18/h3-6,8,14H,7H2,1-2H3,(H,21,24)/b23-12+. The molecule has 0 aliphatic carbocycles. The third kappa shape index (κ3) is 4.73. The van der Waals surface area contributed by atoms with E-state index in [0.29, 0.717) is 22.5 Å². The van der Waals surface area contributed by atoms with Crippen LogP contribution < -0.4 is 10.1 Å². The van der Waals surface area contributed by atoms with Crippen LogP contribution in [0, 0.1) is 0 Å². The van der Waals surface area contributed by atoms with Crippen LogP contribution in [0.3, 0.4) is 0 Å². The Morgan fingerprint density at radius 2 is 2.07 bits per heavy atom. The lowest BCUT2D eigenvalue weighted by Crippen LogP contribution is -2.29. The van der Waals surface area contributed by atoms with Gasteiger partial charge in [0.25, 0.3) is 5.91 Å². The molecule has 1 aromatic carbocycles. The number of hydrogen-bond acceptors (Lipinski definition) is 6. The highest BCUT2D eigenvalue weighted by molar-refractivity contribution is 7.10. The van der Waals surface area contributed by atoms with Gasteiger partial charge in [-0.05, 0) is 5.56 Å². The first-order valence-electron chi connectivity index (χ1n) is 7.47. The van der Waals surface area contributed by atoms with E-state index in [0.717, 1.165) is 5.38 Å². The van der Waals surface area contributed by atoms with Gasteiger partial charge in [-0.2, -0.15) is 8.78 Å². The second-order valence-corrected chi connectivity index (χ2v) is 5.92. The fourth-order valence-corrected chi connectivity index (χ4v) is 2.75. The van der Waals surface area contributed by atoms with Crippen LogP contribution in [0.2, 0.25) is 0 Å². The maximum absolute atomic E-state index is 13.3. The molecule has 146 valence electrons. The van der Waals surface area contributed by atoms with Gasteiger partial charge in [-0.1, -0.05) is 29.4 Å². The quantitative estimate of drug-likeness (QED) is 0.416. The first kappa shape index (κ1) is 20.6. The molecule has 1 aromatic heterocycles. The van der Waals surface area contributed by atoms with Crippen molar-refractivity contribution in [1.29, 1.82) is 0 Å². The van der Waals surface area contributed by atoms with E-state index in [4.69, 9.17) is 4.74 Å². The highest BCUT2D eigenvalue weighted by Gasteiger charge is 2.45. The third-order valence-electron chi connectivity index (χ3n) is 3.32. The first-order valence-corrected chi connectivity index (χ1v) is 8.35. The van der Waals surface area contributed by atoms with Crippen molar-refractivity contribution in [2.75, 3.05) is 14.2 Å². The van der Waals surface area contributed by atoms with Crippen molar-refractivity contribution in [1.82, 2.24) is 10.3 Å². The molecular weight excluding hydrogens is 390 g/mol. The Balaban J connectivity index is 2.22. The van der Waals surface area contributed by atoms with Crippen molar-refractivity contribution in [2.24, 2.45) is 5.16 Å². The molecule has 0 aliphatic heterocycles. The molecule has 11 heteroatoms. The molecule has 6 nitrogen and oxygen atoms in total. The van der Waals surface area contributed by atoms with Crippen LogP contribution in [0.4, 0.5) is 17.6 Å². The fourth-order valence-electron chi connectivity index (χ4n) is 2.02. The molecule has 0 bridgehead atoms. The van der Waals surface area contributed by atoms with Gasteiger partial charge in [0.15, 0.2) is 10.7 Å². The van der Waals surface area contributed by atoms with Gasteiger partial charge < -0.3 is 14.9 Å². The van der Waals surface area contributed by atoms with E-state index in [9.17, 15) is 22.4 Å². The molecule has 0 aliphatic rings. The highest BCUT2D eigenvalue weighted by atomic mass is 32.1. The predicted molar refractivity (Wildman–Crippen MR) is 90.4 cm³/mol. The summed E-state index contributed by atoms with van der Waals surface area (Å²) in [6, 6.07) is 6.57. The molecule has 0 atom stereocenters. The minimum absolute atomic E-state index is 0.0117. The van der Waals surface area contributed by atoms with E-state index in [1.807, 2.05) is 0 Å². The minimum atomic E-state index is -4.35. The summed E-state index contributed by atoms with van der Waals surface area (Å²) in [5, 5.41) is 6.19. The zero-order valence-corrected chi connectivity index (χ0v) is 15.0. The number of nitrogens with zero attached hydrogens (tertiary/aromatic N) is 2. The van der Waals surface area contributed by atoms with Crippen molar-refractivity contribution in [3.05, 3.63) is 45.8 Å². The lowest BCUT2D eigenvalue weighted by atomic mass is 10.0. The van der Waals surface area contributed by atoms with Crippen LogP contribution in [0.25, 0.3) is 0 Å². The van der Waals surface area contributed by atoms with E-state index in [1.54, 1.807) is 24.3 Å². The normalized spacial score (nSPS) is 12.2. The van der Waals surface area contributed by atoms with E-state index in [-0.39, 0.29) is 18.2 Å². The van der Waals surface area contributed by atoms with E-state index in [1.165, 1.54) is 14.2 Å². The number of aromatic nitrogens is 1. The lowest BCUT2D eigenvalue weighted by Gasteiger charge is -2.12. The monoisotopic (exact) mass is 405 g/mol. The summed E-state index contributed by atoms with van der Waals surface area (Å²) in [7, 11) is 2.70. The first-order chi connectivity index (χ1) is 12.8. The van der Waals surface area contributed by atoms with Crippen molar-refractivity contribution in [3.8, 4) is 5.88 Å². The van der Waals surface area contributed by atoms with Gasteiger partial charge in [-0.15, -0.1) is 11.3 Å². The van der Waals surface area contributed by atoms with Crippen LogP contribution in [-0.4, -0.2) is 37.2 Å². The molecule has 27 heavy (non-hydrogen) atoms. The lowest BCUT2D eigenvalue weighted by molar-refractivity contribution is -0.135. The molecule has 1 heterocycles. The Morgan fingerprint density at radius 1 is 1.37 bits per heavy atom. The van der Waals surface area contributed by atoms with Gasteiger partial charge in [-0.3, -0.25) is 4.79 Å². The Hall–Kier alpha value is -2.69. The maximum atomic E-state index is 13.3. The Kier molecular flexibility index (Phi) is 6.72. The minimum Gasteiger partial charge on any atom is -0.472 e. The summed E-state index contributed by atoms with van der Waals surface area (Å²) in [4.78, 5) is 20.1. The van der Waals surface area contributed by atoms with Crippen molar-refractivity contribution >= 4 is 23.0 Å². The van der Waals surface area contributed by atoms with Crippen LogP contribution >= 0.6 is 11.3 Å². The smallest absolute Gasteiger partial charge is 0.358 e. The summed E-state index contributed by atoms with van der Waals surface area (Å²) >= 11 is 0.373. The zero-order chi connectivity index (χ0) is 20.0. The molecule has 0 radical (unpaired) electrons. The average molecular weight is 405 g/mol. The number of carbonyl (C=O) groups excluding carboxylic acids is 1. The number of rotatable bonds is 8. The molecule has 2 rings (SSSR count). The number of hydrogen-bond donors (Lipinski definition) is 1. The average Bonchev–Trinajstić information content (AvgIpc) is 3.14. The number of benzene rings is 1. The van der Waals surface area contributed by atoms with Crippen molar-refractivity contribution < 1.29 is 31.9 Å². The van der Waals surface area contributed by atoms with Crippen LogP contribution in [0.1, 0.15) is 16.1 Å². The summed E-state index contributed by atoms with van der Waals surface area (Å²) in [6.45, 7) is -0.153. The fraction of sp³-hybridized carbons (Fsp3) is 0.312. The van der Waals surface area contributed by atoms with Gasteiger partial charge in [0.05, 0.1) is 5.38 Å². The van der Waals surface area contributed by atoms with Gasteiger partial charge in [0.2, 0.25) is 5.88 Å². The van der Waals surface area contributed by atoms with E-state index < -0.39 is 23.3 Å². The Bertz CT molecular complexity index is 827. The molecule has 0 saturated heterocycles. The van der Waals surface area contributed by atoms with Gasteiger partial charge in [0, 0.05) is 12.6 Å². The second-order valence-electron chi connectivity index (χ2n) is 5.06. The van der Waals surface area contributed by atoms with Crippen LogP contribution in [0.15, 0.2) is 34.8 Å². The molecule has 0 unspecified atom stereocenters. The number of likely N-dealkylation sites (N-methyl/N-ethyl adjacent to an activating group) is 1. The summed E-state index contributed by atoms with van der Waals surface area (Å²) in [6.07, 6.45) is -3.86. The molecular formula is C16H15F4N3O3S. The third-order valence-corrected chi connectivity index (χ3v) is 4.22. The molecule has 0 spiro atoms. The molecule has 0 saturated carbocycles. The molecule has 2 aromatic rings. The van der Waals surface area contributed by atoms with Crippen LogP contribution in [0.5, 0.6) is 5.88 Å². The summed E-state index contributed by atoms with van der Waals surface area (Å²) in [5.41, 5.74) is 0.876. The molecule has 0 fully saturated rings. The number of halogens is 4. The number of carbonyl (C=O) groups is 1. The summed E-state index contributed by atoms with van der Waals surface area (Å²) in [5.74, 6) is -5.08. The number of amides is 1. The van der Waals surface area contributed by atoms with E-state index in [2.05, 4.69) is 20.3 Å². The SMILES string of the molecule is CNC(=O)/C(=N/OC)c1ccccc1COc1csc(C(F)(F)C(F)F)n1. The zero-order valence-electron chi connectivity index (χ0n) is 14.2. The Labute approximate surface area is 155 Å². The maximum Gasteiger partial charge on any atom is 0.358 e. The molecule has 1 amide bonds. The number of thiazole rings is 1. The highest BCUT2D eigenvalue weighted by Crippen LogP contribution is 2.37. The number of alkyl halides is 4. The Morgan fingerprint density at radius 3 is 2.70 bits per heavy atom. The van der Waals surface area contributed by atoms with Crippen molar-refractivity contribution in [3.63, 3.8) is 0 Å². The number of ether oxygens (including phenoxy) is 1. The summed E-state index contributed by atoms with van der Waals surface area (Å²) < 4.78 is 56.7. The van der Waals surface area contributed by atoms with Gasteiger partial charge in [-0.25, -0.2) is 13.8 Å². The second kappa shape index (κ2) is 8.80. The number of nitrogens with one attached hydrogen (secondary N) is 1. The van der Waals surface area contributed by atoms with Gasteiger partial charge in [0.1, 0.15) is 13.7 Å². The molecule has 1 N–H and O–H groups in total. The topological polar surface area (TPSA) is 72.8 Å². The van der Waals surface area contributed by atoms with Crippen molar-refractivity contribution in [2.45, 2.75) is 19.0 Å². The number of oxime groups is 1. The largest absolute Gasteiger partial charge is 0.472 e.